The Balaban J connectivity index is 2.69. The third-order valence-electron chi connectivity index (χ3n) is 2.30. The quantitative estimate of drug-likeness (QED) is 0.839. The molecule has 1 aromatic rings. The maximum atomic E-state index is 11.4. The van der Waals surface area contributed by atoms with Crippen LogP contribution in [0.25, 0.3) is 6.08 Å². The van der Waals surface area contributed by atoms with Gasteiger partial charge in [-0.25, -0.2) is 0 Å². The van der Waals surface area contributed by atoms with Gasteiger partial charge in [-0.1, -0.05) is 28.1 Å². The van der Waals surface area contributed by atoms with Crippen molar-refractivity contribution in [2.75, 3.05) is 0 Å². The van der Waals surface area contributed by atoms with Gasteiger partial charge in [0.05, 0.1) is 0 Å². The van der Waals surface area contributed by atoms with E-state index < -0.39 is 17.9 Å². The Labute approximate surface area is 114 Å². The van der Waals surface area contributed by atoms with E-state index in [2.05, 4.69) is 21.2 Å². The number of carbonyl (C=O) groups excluding carboxylic acids is 1. The van der Waals surface area contributed by atoms with Crippen molar-refractivity contribution in [2.24, 2.45) is 0 Å². The van der Waals surface area contributed by atoms with Crippen LogP contribution in [0.5, 0.6) is 0 Å². The number of hydrogen-bond acceptors (Lipinski definition) is 2. The van der Waals surface area contributed by atoms with Crippen molar-refractivity contribution < 1.29 is 14.7 Å². The van der Waals surface area contributed by atoms with Gasteiger partial charge in [-0.05, 0) is 37.1 Å². The lowest BCUT2D eigenvalue weighted by atomic mass is 10.1. The number of carboxylic acids is 1. The van der Waals surface area contributed by atoms with Gasteiger partial charge in [-0.3, -0.25) is 9.59 Å². The van der Waals surface area contributed by atoms with Crippen molar-refractivity contribution in [3.05, 3.63) is 39.9 Å². The summed E-state index contributed by atoms with van der Waals surface area (Å²) < 4.78 is 0.887. The predicted octanol–water partition coefficient (Wildman–Crippen LogP) is 2.36. The number of amides is 1. The van der Waals surface area contributed by atoms with Crippen LogP contribution in [0.3, 0.4) is 0 Å². The summed E-state index contributed by atoms with van der Waals surface area (Å²) in [6.45, 7) is 3.38. The first-order chi connectivity index (χ1) is 8.40. The first kappa shape index (κ1) is 14.4. The molecule has 2 N–H and O–H groups in total. The molecule has 0 unspecified atom stereocenters. The molecule has 1 atom stereocenters. The van der Waals surface area contributed by atoms with E-state index in [1.807, 2.05) is 25.1 Å². The van der Waals surface area contributed by atoms with Crippen LogP contribution < -0.4 is 5.32 Å². The summed E-state index contributed by atoms with van der Waals surface area (Å²) in [6, 6.07) is 4.85. The average Bonchev–Trinajstić information content (AvgIpc) is 2.27. The minimum Gasteiger partial charge on any atom is -0.480 e. The molecule has 0 fully saturated rings. The van der Waals surface area contributed by atoms with Gasteiger partial charge in [0.15, 0.2) is 0 Å². The third kappa shape index (κ3) is 4.33. The second-order valence-corrected chi connectivity index (χ2v) is 4.78. The molecule has 0 aliphatic heterocycles. The second kappa shape index (κ2) is 6.35. The molecule has 0 radical (unpaired) electrons. The van der Waals surface area contributed by atoms with Gasteiger partial charge in [-0.15, -0.1) is 0 Å². The van der Waals surface area contributed by atoms with E-state index in [4.69, 9.17) is 5.11 Å². The standard InChI is InChI=1S/C13H14BrNO3/c1-8-3-4-10(11(14)7-8)5-6-12(16)15-9(2)13(17)18/h3-7,9H,1-2H3,(H,15,16)(H,17,18)/b6-5+/t9-/m1/s1. The Bertz CT molecular complexity index is 497. The monoisotopic (exact) mass is 311 g/mol. The van der Waals surface area contributed by atoms with E-state index >= 15 is 0 Å². The van der Waals surface area contributed by atoms with Gasteiger partial charge in [-0.2, -0.15) is 0 Å². The number of aryl methyl sites for hydroxylation is 1. The fourth-order valence-corrected chi connectivity index (χ4v) is 1.88. The van der Waals surface area contributed by atoms with E-state index in [-0.39, 0.29) is 0 Å². The fraction of sp³-hybridized carbons (Fsp3) is 0.231. The number of carbonyl (C=O) groups is 2. The van der Waals surface area contributed by atoms with Crippen LogP contribution in [0.15, 0.2) is 28.7 Å². The molecule has 18 heavy (non-hydrogen) atoms. The summed E-state index contributed by atoms with van der Waals surface area (Å²) in [4.78, 5) is 22.0. The van der Waals surface area contributed by atoms with Crippen LogP contribution in [0, 0.1) is 6.92 Å². The predicted molar refractivity (Wildman–Crippen MR) is 73.2 cm³/mol. The lowest BCUT2D eigenvalue weighted by Crippen LogP contribution is -2.37. The van der Waals surface area contributed by atoms with Crippen LogP contribution in [0.4, 0.5) is 0 Å². The van der Waals surface area contributed by atoms with Crippen molar-refractivity contribution in [1.29, 1.82) is 0 Å². The SMILES string of the molecule is Cc1ccc(/C=C/C(=O)N[C@H](C)C(=O)O)c(Br)c1. The molecule has 1 amide bonds. The maximum Gasteiger partial charge on any atom is 0.325 e. The van der Waals surface area contributed by atoms with Crippen molar-refractivity contribution in [3.63, 3.8) is 0 Å². The van der Waals surface area contributed by atoms with Gasteiger partial charge in [0, 0.05) is 10.5 Å². The molecule has 0 spiro atoms. The number of benzene rings is 1. The molecule has 0 saturated carbocycles. The maximum absolute atomic E-state index is 11.4. The lowest BCUT2D eigenvalue weighted by Gasteiger charge is -2.06. The summed E-state index contributed by atoms with van der Waals surface area (Å²) in [5.41, 5.74) is 1.97. The minimum atomic E-state index is -1.06. The molecule has 0 heterocycles. The van der Waals surface area contributed by atoms with E-state index in [0.717, 1.165) is 15.6 Å². The van der Waals surface area contributed by atoms with Gasteiger partial charge < -0.3 is 10.4 Å². The summed E-state index contributed by atoms with van der Waals surface area (Å²) in [5.74, 6) is -1.49. The Kier molecular flexibility index (Phi) is 5.09. The van der Waals surface area contributed by atoms with E-state index in [1.165, 1.54) is 13.0 Å². The smallest absolute Gasteiger partial charge is 0.325 e. The van der Waals surface area contributed by atoms with Crippen LogP contribution in [-0.4, -0.2) is 23.0 Å². The van der Waals surface area contributed by atoms with E-state index in [9.17, 15) is 9.59 Å². The molecule has 1 rings (SSSR count). The highest BCUT2D eigenvalue weighted by Crippen LogP contribution is 2.19. The minimum absolute atomic E-state index is 0.433. The molecule has 0 saturated heterocycles. The zero-order valence-electron chi connectivity index (χ0n) is 10.1. The number of nitrogens with one attached hydrogen (secondary N) is 1. The topological polar surface area (TPSA) is 66.4 Å². The van der Waals surface area contributed by atoms with Gasteiger partial charge in [0.2, 0.25) is 5.91 Å². The van der Waals surface area contributed by atoms with Crippen molar-refractivity contribution in [3.8, 4) is 0 Å². The molecule has 4 nitrogen and oxygen atoms in total. The third-order valence-corrected chi connectivity index (χ3v) is 2.99. The average molecular weight is 312 g/mol. The zero-order chi connectivity index (χ0) is 13.7. The summed E-state index contributed by atoms with van der Waals surface area (Å²) in [7, 11) is 0. The zero-order valence-corrected chi connectivity index (χ0v) is 11.7. The Morgan fingerprint density at radius 1 is 1.44 bits per heavy atom. The van der Waals surface area contributed by atoms with E-state index in [0.29, 0.717) is 0 Å². The Hall–Kier alpha value is -1.62. The first-order valence-electron chi connectivity index (χ1n) is 5.37. The molecule has 0 bridgehead atoms. The highest BCUT2D eigenvalue weighted by atomic mass is 79.9. The van der Waals surface area contributed by atoms with E-state index in [1.54, 1.807) is 6.08 Å². The Morgan fingerprint density at radius 2 is 2.11 bits per heavy atom. The van der Waals surface area contributed by atoms with Crippen molar-refractivity contribution in [2.45, 2.75) is 19.9 Å². The molecular weight excluding hydrogens is 298 g/mol. The Morgan fingerprint density at radius 3 is 2.67 bits per heavy atom. The number of hydrogen-bond donors (Lipinski definition) is 2. The molecule has 5 heteroatoms. The van der Waals surface area contributed by atoms with Crippen LogP contribution in [0.1, 0.15) is 18.1 Å². The fourth-order valence-electron chi connectivity index (χ4n) is 1.26. The van der Waals surface area contributed by atoms with Gasteiger partial charge >= 0.3 is 5.97 Å². The van der Waals surface area contributed by atoms with Gasteiger partial charge in [0.1, 0.15) is 6.04 Å². The normalized spacial score (nSPS) is 12.4. The second-order valence-electron chi connectivity index (χ2n) is 3.93. The summed E-state index contributed by atoms with van der Waals surface area (Å²) in [5, 5.41) is 11.0. The highest BCUT2D eigenvalue weighted by molar-refractivity contribution is 9.10. The summed E-state index contributed by atoms with van der Waals surface area (Å²) in [6.07, 6.45) is 2.95. The van der Waals surface area contributed by atoms with Crippen LogP contribution >= 0.6 is 15.9 Å². The molecule has 0 aliphatic carbocycles. The van der Waals surface area contributed by atoms with Crippen molar-refractivity contribution in [1.82, 2.24) is 5.32 Å². The van der Waals surface area contributed by atoms with Crippen molar-refractivity contribution >= 4 is 33.9 Å². The van der Waals surface area contributed by atoms with Crippen LogP contribution in [0.2, 0.25) is 0 Å². The number of rotatable bonds is 4. The number of halogens is 1. The molecular formula is C13H14BrNO3. The number of carboxylic acid groups (broad SMARTS) is 1. The molecule has 0 aromatic heterocycles. The van der Waals surface area contributed by atoms with Crippen LogP contribution in [-0.2, 0) is 9.59 Å². The number of aliphatic carboxylic acids is 1. The first-order valence-corrected chi connectivity index (χ1v) is 6.17. The summed E-state index contributed by atoms with van der Waals surface area (Å²) >= 11 is 3.39. The van der Waals surface area contributed by atoms with Gasteiger partial charge in [0.25, 0.3) is 0 Å². The molecule has 96 valence electrons. The molecule has 1 aromatic carbocycles. The largest absolute Gasteiger partial charge is 0.480 e. The molecule has 0 aliphatic rings. The highest BCUT2D eigenvalue weighted by Gasteiger charge is 2.11. The lowest BCUT2D eigenvalue weighted by molar-refractivity contribution is -0.140.